The molecule has 6 heteroatoms. The first-order valence-corrected chi connectivity index (χ1v) is 22.5. The lowest BCUT2D eigenvalue weighted by Gasteiger charge is -2.21. The average Bonchev–Trinajstić information content (AvgIpc) is 4.09. The van der Waals surface area contributed by atoms with Crippen molar-refractivity contribution in [3.05, 3.63) is 211 Å². The van der Waals surface area contributed by atoms with Crippen molar-refractivity contribution in [2.75, 3.05) is 0 Å². The van der Waals surface area contributed by atoms with Gasteiger partial charge in [0.25, 0.3) is 0 Å². The van der Waals surface area contributed by atoms with Crippen LogP contribution >= 0.6 is 0 Å². The molecule has 0 atom stereocenters. The Bertz CT molecular complexity index is 4140. The van der Waals surface area contributed by atoms with Crippen molar-refractivity contribution in [1.29, 1.82) is 0 Å². The number of furan rings is 1. The lowest BCUT2D eigenvalue weighted by Crippen LogP contribution is -2.14. The largest absolute Gasteiger partial charge is 0.454 e. The van der Waals surface area contributed by atoms with Crippen molar-refractivity contribution in [2.45, 2.75) is 19.3 Å². The van der Waals surface area contributed by atoms with Gasteiger partial charge in [0.1, 0.15) is 5.58 Å². The topological polar surface area (TPSA) is 61.7 Å². The monoisotopic (exact) mass is 845 g/mol. The first-order valence-electron chi connectivity index (χ1n) is 22.5. The van der Waals surface area contributed by atoms with Crippen LogP contribution in [0.5, 0.6) is 0 Å². The Morgan fingerprint density at radius 2 is 0.985 bits per heavy atom. The van der Waals surface area contributed by atoms with Crippen LogP contribution in [0.4, 0.5) is 0 Å². The summed E-state index contributed by atoms with van der Waals surface area (Å²) in [5, 5.41) is 6.63. The summed E-state index contributed by atoms with van der Waals surface area (Å²) in [5.74, 6) is 1.77. The van der Waals surface area contributed by atoms with Crippen molar-refractivity contribution >= 4 is 65.6 Å². The van der Waals surface area contributed by atoms with E-state index < -0.39 is 0 Å². The molecule has 0 amide bonds. The van der Waals surface area contributed by atoms with Gasteiger partial charge in [-0.15, -0.1) is 0 Å². The average molecular weight is 846 g/mol. The minimum atomic E-state index is -0.117. The second-order valence-electron chi connectivity index (χ2n) is 18.0. The van der Waals surface area contributed by atoms with Crippen molar-refractivity contribution < 1.29 is 4.42 Å². The summed E-state index contributed by atoms with van der Waals surface area (Å²) in [5.41, 5.74) is 16.0. The maximum absolute atomic E-state index is 6.92. The zero-order valence-electron chi connectivity index (χ0n) is 36.2. The molecule has 0 fully saturated rings. The highest BCUT2D eigenvalue weighted by Crippen LogP contribution is 2.50. The molecule has 9 aromatic carbocycles. The maximum atomic E-state index is 6.92. The zero-order valence-corrected chi connectivity index (χ0v) is 36.2. The van der Waals surface area contributed by atoms with E-state index in [1.165, 1.54) is 27.8 Å². The normalized spacial score (nSPS) is 13.1. The molecule has 0 spiro atoms. The van der Waals surface area contributed by atoms with Gasteiger partial charge in [-0.3, -0.25) is 4.57 Å². The van der Waals surface area contributed by atoms with Crippen molar-refractivity contribution in [3.63, 3.8) is 0 Å². The quantitative estimate of drug-likeness (QED) is 0.173. The smallest absolute Gasteiger partial charge is 0.238 e. The van der Waals surface area contributed by atoms with Gasteiger partial charge < -0.3 is 8.98 Å². The molecule has 13 aromatic rings. The summed E-state index contributed by atoms with van der Waals surface area (Å²) in [6.07, 6.45) is 0. The van der Waals surface area contributed by atoms with Crippen LogP contribution in [0.25, 0.3) is 122 Å². The highest BCUT2D eigenvalue weighted by molar-refractivity contribution is 6.24. The molecule has 0 aliphatic heterocycles. The van der Waals surface area contributed by atoms with E-state index in [2.05, 4.69) is 205 Å². The second kappa shape index (κ2) is 13.7. The summed E-state index contributed by atoms with van der Waals surface area (Å²) in [4.78, 5) is 16.1. The van der Waals surface area contributed by atoms with Crippen LogP contribution < -0.4 is 0 Å². The number of para-hydroxylation sites is 3. The summed E-state index contributed by atoms with van der Waals surface area (Å²) in [6, 6.07) is 71.1. The molecule has 0 unspecified atom stereocenters. The summed E-state index contributed by atoms with van der Waals surface area (Å²) in [7, 11) is 0. The van der Waals surface area contributed by atoms with E-state index >= 15 is 0 Å². The molecule has 6 nitrogen and oxygen atoms in total. The lowest BCUT2D eigenvalue weighted by atomic mass is 9.82. The van der Waals surface area contributed by atoms with Gasteiger partial charge in [-0.2, -0.15) is 9.97 Å². The predicted molar refractivity (Wildman–Crippen MR) is 270 cm³/mol. The zero-order chi connectivity index (χ0) is 43.7. The molecular formula is C60H39N5O. The molecule has 4 aromatic heterocycles. The number of aromatic nitrogens is 5. The number of benzene rings is 9. The number of rotatable bonds is 5. The van der Waals surface area contributed by atoms with E-state index in [1.807, 2.05) is 18.2 Å². The first kappa shape index (κ1) is 36.8. The number of hydrogen-bond acceptors (Lipinski definition) is 4. The third-order valence-electron chi connectivity index (χ3n) is 14.0. The fourth-order valence-corrected chi connectivity index (χ4v) is 10.9. The number of hydrogen-bond donors (Lipinski definition) is 0. The Morgan fingerprint density at radius 3 is 1.74 bits per heavy atom. The maximum Gasteiger partial charge on any atom is 0.238 e. The van der Waals surface area contributed by atoms with E-state index in [4.69, 9.17) is 19.4 Å². The summed E-state index contributed by atoms with van der Waals surface area (Å²) >= 11 is 0. The molecule has 66 heavy (non-hydrogen) atoms. The molecule has 4 heterocycles. The van der Waals surface area contributed by atoms with E-state index in [1.54, 1.807) is 0 Å². The van der Waals surface area contributed by atoms with Gasteiger partial charge in [0.05, 0.1) is 27.8 Å². The molecule has 0 saturated carbocycles. The van der Waals surface area contributed by atoms with Gasteiger partial charge >= 0.3 is 0 Å². The molecule has 0 bridgehead atoms. The van der Waals surface area contributed by atoms with Gasteiger partial charge in [-0.1, -0.05) is 178 Å². The molecule has 0 saturated heterocycles. The molecule has 1 aliphatic carbocycles. The summed E-state index contributed by atoms with van der Waals surface area (Å²) < 4.78 is 11.6. The van der Waals surface area contributed by atoms with Crippen LogP contribution in [0.15, 0.2) is 205 Å². The first-order chi connectivity index (χ1) is 32.5. The second-order valence-corrected chi connectivity index (χ2v) is 18.0. The van der Waals surface area contributed by atoms with E-state index in [-0.39, 0.29) is 5.41 Å². The van der Waals surface area contributed by atoms with Crippen LogP contribution in [0.3, 0.4) is 0 Å². The van der Waals surface area contributed by atoms with Gasteiger partial charge in [0, 0.05) is 48.9 Å². The third-order valence-corrected chi connectivity index (χ3v) is 14.0. The number of fused-ring (bicyclic) bond motifs is 13. The standard InChI is InChI=1S/C60H39N5O/c1-60(2)48-24-12-9-20-40(48)46-35-39(28-32-49(46)60)58-61-57(37-18-7-4-8-19-37)62-59(63-58)65-51-26-14-11-22-42(51)44-31-30-43-41-21-10-13-25-50(41)64(54(43)55(44)65)52-27-15-23-45-47-34-38(36-16-5-3-6-17-36)29-33-53(47)66-56(45)52/h3-35H,1-2H3. The molecule has 0 N–H and O–H groups in total. The van der Waals surface area contributed by atoms with E-state index in [0.29, 0.717) is 17.6 Å². The Morgan fingerprint density at radius 1 is 0.394 bits per heavy atom. The van der Waals surface area contributed by atoms with Crippen molar-refractivity contribution in [1.82, 2.24) is 24.1 Å². The highest BCUT2D eigenvalue weighted by Gasteiger charge is 2.35. The van der Waals surface area contributed by atoms with Gasteiger partial charge in [0.2, 0.25) is 5.95 Å². The Labute approximate surface area is 379 Å². The predicted octanol–water partition coefficient (Wildman–Crippen LogP) is 15.3. The van der Waals surface area contributed by atoms with Crippen LogP contribution in [-0.2, 0) is 5.41 Å². The van der Waals surface area contributed by atoms with Gasteiger partial charge in [0.15, 0.2) is 17.2 Å². The molecule has 0 radical (unpaired) electrons. The van der Waals surface area contributed by atoms with Crippen LogP contribution in [0.2, 0.25) is 0 Å². The van der Waals surface area contributed by atoms with Crippen molar-refractivity contribution in [2.24, 2.45) is 0 Å². The minimum Gasteiger partial charge on any atom is -0.454 e. The SMILES string of the molecule is CC1(C)c2ccccc2-c2cc(-c3nc(-c4ccccc4)nc(-n4c5ccccc5c5ccc6c7ccccc7n(-c7cccc8c7oc7ccc(-c9ccccc9)cc78)c6c54)n3)ccc21. The number of nitrogens with zero attached hydrogens (tertiary/aromatic N) is 5. The fraction of sp³-hybridized carbons (Fsp3) is 0.0500. The Balaban J connectivity index is 1.07. The van der Waals surface area contributed by atoms with E-state index in [9.17, 15) is 0 Å². The molecule has 14 rings (SSSR count). The van der Waals surface area contributed by atoms with Crippen molar-refractivity contribution in [3.8, 4) is 56.7 Å². The molecule has 310 valence electrons. The van der Waals surface area contributed by atoms with Crippen LogP contribution in [-0.4, -0.2) is 24.1 Å². The Hall–Kier alpha value is -8.61. The Kier molecular flexibility index (Phi) is 7.64. The molecular weight excluding hydrogens is 807 g/mol. The third kappa shape index (κ3) is 5.21. The fourth-order valence-electron chi connectivity index (χ4n) is 10.9. The van der Waals surface area contributed by atoms with Gasteiger partial charge in [-0.25, -0.2) is 4.98 Å². The minimum absolute atomic E-state index is 0.117. The van der Waals surface area contributed by atoms with E-state index in [0.717, 1.165) is 87.9 Å². The highest BCUT2D eigenvalue weighted by atomic mass is 16.3. The van der Waals surface area contributed by atoms with Gasteiger partial charge in [-0.05, 0) is 69.8 Å². The van der Waals surface area contributed by atoms with Crippen LogP contribution in [0.1, 0.15) is 25.0 Å². The summed E-state index contributed by atoms with van der Waals surface area (Å²) in [6.45, 7) is 4.62. The lowest BCUT2D eigenvalue weighted by molar-refractivity contribution is 0.660. The molecule has 1 aliphatic rings. The van der Waals surface area contributed by atoms with Crippen LogP contribution in [0, 0.1) is 0 Å².